The van der Waals surface area contributed by atoms with Crippen LogP contribution in [0.1, 0.15) is 0 Å². The number of primary amides is 1. The monoisotopic (exact) mass is 276 g/mol. The van der Waals surface area contributed by atoms with Crippen molar-refractivity contribution in [1.29, 1.82) is 0 Å². The Morgan fingerprint density at radius 3 is 2.32 bits per heavy atom. The minimum Gasteiger partial charge on any atom is -0.426 e. The largest absolute Gasteiger partial charge is 0.426 e. The predicted octanol–water partition coefficient (Wildman–Crippen LogP) is 1.44. The second-order valence-corrected chi connectivity index (χ2v) is 3.57. The SMILES string of the molecule is NC(=O)NCC(C(=O)Oc1ccccc1)C(F)(F)F. The van der Waals surface area contributed by atoms with E-state index in [0.29, 0.717) is 0 Å². The van der Waals surface area contributed by atoms with Gasteiger partial charge in [-0.25, -0.2) is 4.79 Å². The average molecular weight is 276 g/mol. The zero-order chi connectivity index (χ0) is 14.5. The molecule has 0 bridgehead atoms. The van der Waals surface area contributed by atoms with E-state index in [4.69, 9.17) is 0 Å². The van der Waals surface area contributed by atoms with Crippen LogP contribution in [0, 0.1) is 5.92 Å². The molecule has 0 aliphatic heterocycles. The van der Waals surface area contributed by atoms with Gasteiger partial charge < -0.3 is 15.8 Å². The Bertz CT molecular complexity index is 448. The second kappa shape index (κ2) is 6.07. The maximum atomic E-state index is 12.6. The molecule has 0 aliphatic rings. The molecule has 0 heterocycles. The molecule has 0 aromatic heterocycles. The lowest BCUT2D eigenvalue weighted by Gasteiger charge is -2.18. The second-order valence-electron chi connectivity index (χ2n) is 3.57. The molecule has 5 nitrogen and oxygen atoms in total. The number of carbonyl (C=O) groups excluding carboxylic acids is 2. The number of nitrogens with one attached hydrogen (secondary N) is 1. The molecule has 0 fully saturated rings. The third kappa shape index (κ3) is 4.86. The number of para-hydroxylation sites is 1. The molecule has 3 N–H and O–H groups in total. The van der Waals surface area contributed by atoms with E-state index in [1.54, 1.807) is 11.4 Å². The van der Waals surface area contributed by atoms with Crippen molar-refractivity contribution in [2.24, 2.45) is 11.7 Å². The van der Waals surface area contributed by atoms with E-state index in [2.05, 4.69) is 10.5 Å². The first-order valence-corrected chi connectivity index (χ1v) is 5.17. The Labute approximate surface area is 106 Å². The van der Waals surface area contributed by atoms with Gasteiger partial charge in [-0.3, -0.25) is 4.79 Å². The quantitative estimate of drug-likeness (QED) is 0.645. The van der Waals surface area contributed by atoms with E-state index in [1.165, 1.54) is 24.3 Å². The molecule has 0 spiro atoms. The van der Waals surface area contributed by atoms with Crippen molar-refractivity contribution in [2.75, 3.05) is 6.54 Å². The number of rotatable bonds is 4. The summed E-state index contributed by atoms with van der Waals surface area (Å²) >= 11 is 0. The fourth-order valence-corrected chi connectivity index (χ4v) is 1.21. The fourth-order valence-electron chi connectivity index (χ4n) is 1.21. The van der Waals surface area contributed by atoms with E-state index in [-0.39, 0.29) is 5.75 Å². The number of benzene rings is 1. The molecule has 1 unspecified atom stereocenters. The Balaban J connectivity index is 2.74. The van der Waals surface area contributed by atoms with Gasteiger partial charge in [0.2, 0.25) is 0 Å². The highest BCUT2D eigenvalue weighted by molar-refractivity contribution is 5.78. The van der Waals surface area contributed by atoms with Gasteiger partial charge in [-0.15, -0.1) is 0 Å². The Kier molecular flexibility index (Phi) is 4.74. The molecule has 1 aromatic rings. The number of ether oxygens (including phenoxy) is 1. The summed E-state index contributed by atoms with van der Waals surface area (Å²) in [5, 5.41) is 1.74. The van der Waals surface area contributed by atoms with Crippen molar-refractivity contribution in [3.63, 3.8) is 0 Å². The lowest BCUT2D eigenvalue weighted by Crippen LogP contribution is -2.44. The molecule has 0 saturated heterocycles. The van der Waals surface area contributed by atoms with Gasteiger partial charge in [-0.2, -0.15) is 13.2 Å². The Morgan fingerprint density at radius 1 is 1.26 bits per heavy atom. The third-order valence-corrected chi connectivity index (χ3v) is 2.12. The van der Waals surface area contributed by atoms with E-state index in [0.717, 1.165) is 0 Å². The van der Waals surface area contributed by atoms with E-state index >= 15 is 0 Å². The molecule has 1 atom stereocenters. The summed E-state index contributed by atoms with van der Waals surface area (Å²) in [4.78, 5) is 21.8. The van der Waals surface area contributed by atoms with Crippen molar-refractivity contribution in [3.05, 3.63) is 30.3 Å². The molecule has 1 aromatic carbocycles. The lowest BCUT2D eigenvalue weighted by molar-refractivity contribution is -0.190. The van der Waals surface area contributed by atoms with Crippen LogP contribution in [0.15, 0.2) is 30.3 Å². The number of carbonyl (C=O) groups is 2. The van der Waals surface area contributed by atoms with Crippen molar-refractivity contribution < 1.29 is 27.5 Å². The molecule has 104 valence electrons. The molecular weight excluding hydrogens is 265 g/mol. The van der Waals surface area contributed by atoms with Crippen LogP contribution in [0.4, 0.5) is 18.0 Å². The minimum absolute atomic E-state index is 0.0131. The predicted molar refractivity (Wildman–Crippen MR) is 59.2 cm³/mol. The van der Waals surface area contributed by atoms with Gasteiger partial charge >= 0.3 is 18.2 Å². The summed E-state index contributed by atoms with van der Waals surface area (Å²) in [5.41, 5.74) is 4.67. The third-order valence-electron chi connectivity index (χ3n) is 2.12. The average Bonchev–Trinajstić information content (AvgIpc) is 2.28. The molecule has 0 radical (unpaired) electrons. The van der Waals surface area contributed by atoms with Crippen LogP contribution in [0.3, 0.4) is 0 Å². The van der Waals surface area contributed by atoms with Crippen molar-refractivity contribution in [1.82, 2.24) is 5.32 Å². The summed E-state index contributed by atoms with van der Waals surface area (Å²) < 4.78 is 42.5. The van der Waals surface area contributed by atoms with Crippen LogP contribution < -0.4 is 15.8 Å². The van der Waals surface area contributed by atoms with Crippen molar-refractivity contribution in [3.8, 4) is 5.75 Å². The first kappa shape index (κ1) is 14.8. The van der Waals surface area contributed by atoms with Gasteiger partial charge in [0.15, 0.2) is 5.92 Å². The molecule has 0 aliphatic carbocycles. The summed E-state index contributed by atoms with van der Waals surface area (Å²) in [6.07, 6.45) is -4.84. The number of amides is 2. The summed E-state index contributed by atoms with van der Waals surface area (Å²) in [6.45, 7) is -0.968. The lowest BCUT2D eigenvalue weighted by atomic mass is 10.1. The number of hydrogen-bond acceptors (Lipinski definition) is 3. The van der Waals surface area contributed by atoms with Crippen LogP contribution in [0.25, 0.3) is 0 Å². The number of halogens is 3. The highest BCUT2D eigenvalue weighted by Gasteiger charge is 2.46. The maximum absolute atomic E-state index is 12.6. The van der Waals surface area contributed by atoms with Gasteiger partial charge in [0.1, 0.15) is 5.75 Å². The maximum Gasteiger partial charge on any atom is 0.403 e. The Morgan fingerprint density at radius 2 is 1.84 bits per heavy atom. The molecule has 19 heavy (non-hydrogen) atoms. The Hall–Kier alpha value is -2.25. The number of hydrogen-bond donors (Lipinski definition) is 2. The number of nitrogens with two attached hydrogens (primary N) is 1. The van der Waals surface area contributed by atoms with Gasteiger partial charge in [0.05, 0.1) is 0 Å². The van der Waals surface area contributed by atoms with E-state index in [9.17, 15) is 22.8 Å². The highest BCUT2D eigenvalue weighted by atomic mass is 19.4. The highest BCUT2D eigenvalue weighted by Crippen LogP contribution is 2.27. The summed E-state index contributed by atoms with van der Waals surface area (Å²) in [6, 6.07) is 6.16. The smallest absolute Gasteiger partial charge is 0.403 e. The fraction of sp³-hybridized carbons (Fsp3) is 0.273. The topological polar surface area (TPSA) is 81.4 Å². The van der Waals surface area contributed by atoms with Gasteiger partial charge in [0, 0.05) is 6.54 Å². The van der Waals surface area contributed by atoms with E-state index < -0.39 is 30.6 Å². The van der Waals surface area contributed by atoms with Crippen LogP contribution in [0.2, 0.25) is 0 Å². The molecular formula is C11H11F3N2O3. The van der Waals surface area contributed by atoms with Crippen LogP contribution in [0.5, 0.6) is 5.75 Å². The normalized spacial score (nSPS) is 12.6. The molecule has 2 amide bonds. The van der Waals surface area contributed by atoms with Crippen LogP contribution in [-0.4, -0.2) is 24.7 Å². The zero-order valence-corrected chi connectivity index (χ0v) is 9.61. The van der Waals surface area contributed by atoms with Crippen LogP contribution >= 0.6 is 0 Å². The number of alkyl halides is 3. The standard InChI is InChI=1S/C11H11F3N2O3/c12-11(13,14)8(6-16-10(15)18)9(17)19-7-4-2-1-3-5-7/h1-5,8H,6H2,(H3,15,16,18). The number of urea groups is 1. The number of esters is 1. The summed E-state index contributed by atoms with van der Waals surface area (Å²) in [7, 11) is 0. The zero-order valence-electron chi connectivity index (χ0n) is 9.61. The first-order chi connectivity index (χ1) is 8.80. The van der Waals surface area contributed by atoms with Gasteiger partial charge in [-0.05, 0) is 12.1 Å². The molecule has 1 rings (SSSR count). The minimum atomic E-state index is -4.84. The first-order valence-electron chi connectivity index (χ1n) is 5.17. The van der Waals surface area contributed by atoms with E-state index in [1.807, 2.05) is 0 Å². The van der Waals surface area contributed by atoms with Gasteiger partial charge in [0.25, 0.3) is 0 Å². The summed E-state index contributed by atoms with van der Waals surface area (Å²) in [5.74, 6) is -3.99. The van der Waals surface area contributed by atoms with Crippen LogP contribution in [-0.2, 0) is 4.79 Å². The van der Waals surface area contributed by atoms with Crippen molar-refractivity contribution >= 4 is 12.0 Å². The van der Waals surface area contributed by atoms with Gasteiger partial charge in [-0.1, -0.05) is 18.2 Å². The molecule has 8 heteroatoms. The molecule has 0 saturated carbocycles. The van der Waals surface area contributed by atoms with Crippen molar-refractivity contribution in [2.45, 2.75) is 6.18 Å².